The van der Waals surface area contributed by atoms with Gasteiger partial charge in [0.05, 0.1) is 5.92 Å². The van der Waals surface area contributed by atoms with Crippen molar-refractivity contribution in [3.8, 4) is 11.6 Å². The van der Waals surface area contributed by atoms with Crippen LogP contribution in [0.15, 0.2) is 34.9 Å². The van der Waals surface area contributed by atoms with E-state index in [1.807, 2.05) is 18.4 Å². The molecular weight excluding hydrogens is 408 g/mol. The highest BCUT2D eigenvalue weighted by atomic mass is 35.5. The molecule has 0 aliphatic carbocycles. The first-order chi connectivity index (χ1) is 14.3. The van der Waals surface area contributed by atoms with Gasteiger partial charge >= 0.3 is 5.97 Å². The average Bonchev–Trinajstić information content (AvgIpc) is 3.27. The summed E-state index contributed by atoms with van der Waals surface area (Å²) >= 11 is 6.02. The molecule has 0 bridgehead atoms. The molecule has 1 aromatic carbocycles. The Kier molecular flexibility index (Phi) is 5.39. The summed E-state index contributed by atoms with van der Waals surface area (Å²) in [5.41, 5.74) is 2.89. The highest BCUT2D eigenvalue weighted by molar-refractivity contribution is 6.30. The lowest BCUT2D eigenvalue weighted by Crippen LogP contribution is -2.31. The van der Waals surface area contributed by atoms with Gasteiger partial charge in [-0.05, 0) is 57.0 Å². The highest BCUT2D eigenvalue weighted by Gasteiger charge is 2.28. The minimum Gasteiger partial charge on any atom is -0.492 e. The maximum absolute atomic E-state index is 12.7. The number of ketones is 1. The third-order valence-corrected chi connectivity index (χ3v) is 5.42. The number of benzene rings is 1. The Morgan fingerprint density at radius 1 is 1.23 bits per heavy atom. The number of esters is 1. The summed E-state index contributed by atoms with van der Waals surface area (Å²) in [6.07, 6.45) is 0.461. The molecule has 0 fully saturated rings. The van der Waals surface area contributed by atoms with E-state index in [0.29, 0.717) is 34.3 Å². The molecule has 4 rings (SSSR count). The van der Waals surface area contributed by atoms with Crippen LogP contribution in [0.25, 0.3) is 5.82 Å². The molecule has 2 aromatic heterocycles. The summed E-state index contributed by atoms with van der Waals surface area (Å²) in [5.74, 6) is 0.787. The zero-order valence-electron chi connectivity index (χ0n) is 16.9. The molecule has 0 saturated carbocycles. The van der Waals surface area contributed by atoms with E-state index in [9.17, 15) is 9.59 Å². The standard InChI is InChI=1S/C22H21ClN2O5/c1-12-6-18(14(3)25(12)21-7-13(2)30-24-21)19(26)11-29-22(27)16-8-15-9-17(23)4-5-20(15)28-10-16/h4-7,9,16H,8,10-11H2,1-3H3. The summed E-state index contributed by atoms with van der Waals surface area (Å²) in [4.78, 5) is 25.2. The molecule has 0 amide bonds. The van der Waals surface area contributed by atoms with E-state index in [-0.39, 0.29) is 19.0 Å². The van der Waals surface area contributed by atoms with Crippen LogP contribution in [0.3, 0.4) is 0 Å². The summed E-state index contributed by atoms with van der Waals surface area (Å²) in [6.45, 7) is 5.38. The molecule has 0 spiro atoms. The SMILES string of the molecule is Cc1cc(-n2c(C)cc(C(=O)COC(=O)C3COc4ccc(Cl)cc4C3)c2C)no1. The Balaban J connectivity index is 1.42. The Bertz CT molecular complexity index is 1130. The van der Waals surface area contributed by atoms with Crippen LogP contribution in [-0.4, -0.2) is 34.7 Å². The molecule has 30 heavy (non-hydrogen) atoms. The summed E-state index contributed by atoms with van der Waals surface area (Å²) < 4.78 is 17.9. The molecule has 1 aliphatic rings. The van der Waals surface area contributed by atoms with Gasteiger partial charge in [-0.15, -0.1) is 0 Å². The van der Waals surface area contributed by atoms with Gasteiger partial charge in [0.1, 0.15) is 18.1 Å². The molecule has 156 valence electrons. The van der Waals surface area contributed by atoms with Gasteiger partial charge in [0.25, 0.3) is 0 Å². The number of aryl methyl sites for hydroxylation is 2. The fourth-order valence-corrected chi connectivity index (χ4v) is 3.90. The van der Waals surface area contributed by atoms with Crippen LogP contribution in [0.1, 0.15) is 33.1 Å². The second-order valence-corrected chi connectivity index (χ2v) is 7.85. The summed E-state index contributed by atoms with van der Waals surface area (Å²) in [6, 6.07) is 8.87. The van der Waals surface area contributed by atoms with E-state index in [1.54, 1.807) is 37.3 Å². The van der Waals surface area contributed by atoms with Crippen LogP contribution in [0.2, 0.25) is 5.02 Å². The van der Waals surface area contributed by atoms with Crippen molar-refractivity contribution < 1.29 is 23.6 Å². The second kappa shape index (κ2) is 7.99. The van der Waals surface area contributed by atoms with Crippen molar-refractivity contribution in [1.82, 2.24) is 9.72 Å². The average molecular weight is 429 g/mol. The van der Waals surface area contributed by atoms with Crippen LogP contribution >= 0.6 is 11.6 Å². The van der Waals surface area contributed by atoms with Gasteiger partial charge in [-0.1, -0.05) is 16.8 Å². The fraction of sp³-hybridized carbons (Fsp3) is 0.318. The van der Waals surface area contributed by atoms with E-state index in [1.165, 1.54) is 0 Å². The molecular formula is C22H21ClN2O5. The van der Waals surface area contributed by atoms with Crippen molar-refractivity contribution in [2.45, 2.75) is 27.2 Å². The quantitative estimate of drug-likeness (QED) is 0.451. The zero-order valence-corrected chi connectivity index (χ0v) is 17.7. The summed E-state index contributed by atoms with van der Waals surface area (Å²) in [7, 11) is 0. The number of hydrogen-bond donors (Lipinski definition) is 0. The number of carbonyl (C=O) groups is 2. The van der Waals surface area contributed by atoms with Crippen molar-refractivity contribution in [3.05, 3.63) is 63.6 Å². The number of Topliss-reactive ketones (excluding diaryl/α,β-unsaturated/α-hetero) is 1. The molecule has 8 heteroatoms. The maximum Gasteiger partial charge on any atom is 0.313 e. The monoisotopic (exact) mass is 428 g/mol. The third-order valence-electron chi connectivity index (χ3n) is 5.18. The van der Waals surface area contributed by atoms with Crippen LogP contribution in [0.4, 0.5) is 0 Å². The Morgan fingerprint density at radius 3 is 2.77 bits per heavy atom. The van der Waals surface area contributed by atoms with Crippen molar-refractivity contribution in [1.29, 1.82) is 0 Å². The summed E-state index contributed by atoms with van der Waals surface area (Å²) in [5, 5.41) is 4.59. The Hall–Kier alpha value is -3.06. The number of nitrogens with zero attached hydrogens (tertiary/aromatic N) is 2. The minimum absolute atomic E-state index is 0.210. The molecule has 3 heterocycles. The van der Waals surface area contributed by atoms with E-state index >= 15 is 0 Å². The van der Waals surface area contributed by atoms with E-state index in [0.717, 1.165) is 17.0 Å². The molecule has 7 nitrogen and oxygen atoms in total. The molecule has 1 aliphatic heterocycles. The topological polar surface area (TPSA) is 83.6 Å². The third kappa shape index (κ3) is 3.85. The van der Waals surface area contributed by atoms with Crippen molar-refractivity contribution >= 4 is 23.4 Å². The van der Waals surface area contributed by atoms with Gasteiger partial charge in [-0.25, -0.2) is 0 Å². The van der Waals surface area contributed by atoms with Crippen molar-refractivity contribution in [3.63, 3.8) is 0 Å². The number of ether oxygens (including phenoxy) is 2. The highest BCUT2D eigenvalue weighted by Crippen LogP contribution is 2.30. The first-order valence-electron chi connectivity index (χ1n) is 9.57. The van der Waals surface area contributed by atoms with Gasteiger partial charge < -0.3 is 14.0 Å². The lowest BCUT2D eigenvalue weighted by Gasteiger charge is -2.24. The number of hydrogen-bond acceptors (Lipinski definition) is 6. The van der Waals surface area contributed by atoms with Crippen LogP contribution < -0.4 is 4.74 Å². The van der Waals surface area contributed by atoms with Gasteiger partial charge in [0.15, 0.2) is 12.4 Å². The van der Waals surface area contributed by atoms with Gasteiger partial charge in [0.2, 0.25) is 5.78 Å². The first kappa shape index (κ1) is 20.2. The normalized spacial score (nSPS) is 15.4. The number of fused-ring (bicyclic) bond motifs is 1. The molecule has 0 saturated heterocycles. The maximum atomic E-state index is 12.7. The van der Waals surface area contributed by atoms with Gasteiger partial charge in [0, 0.05) is 28.0 Å². The fourth-order valence-electron chi connectivity index (χ4n) is 3.70. The predicted octanol–water partition coefficient (Wildman–Crippen LogP) is 4.02. The van der Waals surface area contributed by atoms with Crippen molar-refractivity contribution in [2.75, 3.05) is 13.2 Å². The lowest BCUT2D eigenvalue weighted by atomic mass is 9.97. The first-order valence-corrected chi connectivity index (χ1v) is 9.95. The largest absolute Gasteiger partial charge is 0.492 e. The molecule has 0 radical (unpaired) electrons. The van der Waals surface area contributed by atoms with Crippen molar-refractivity contribution in [2.24, 2.45) is 5.92 Å². The zero-order chi connectivity index (χ0) is 21.4. The molecule has 0 N–H and O–H groups in total. The number of carbonyl (C=O) groups excluding carboxylic acids is 2. The number of halogens is 1. The Morgan fingerprint density at radius 2 is 2.03 bits per heavy atom. The Labute approximate surface area is 178 Å². The van der Waals surface area contributed by atoms with E-state index in [4.69, 9.17) is 25.6 Å². The molecule has 3 aromatic rings. The molecule has 1 unspecified atom stereocenters. The van der Waals surface area contributed by atoms with Crippen LogP contribution in [0.5, 0.6) is 5.75 Å². The van der Waals surface area contributed by atoms with Crippen LogP contribution in [0, 0.1) is 26.7 Å². The van der Waals surface area contributed by atoms with Crippen LogP contribution in [-0.2, 0) is 16.0 Å². The number of rotatable bonds is 5. The van der Waals surface area contributed by atoms with Gasteiger partial charge in [-0.3, -0.25) is 14.2 Å². The molecule has 1 atom stereocenters. The minimum atomic E-state index is -0.477. The second-order valence-electron chi connectivity index (χ2n) is 7.41. The van der Waals surface area contributed by atoms with Gasteiger partial charge in [-0.2, -0.15) is 0 Å². The number of aromatic nitrogens is 2. The smallest absolute Gasteiger partial charge is 0.313 e. The lowest BCUT2D eigenvalue weighted by molar-refractivity contribution is -0.148. The van der Waals surface area contributed by atoms with E-state index < -0.39 is 11.9 Å². The predicted molar refractivity (Wildman–Crippen MR) is 109 cm³/mol. The van der Waals surface area contributed by atoms with E-state index in [2.05, 4.69) is 5.16 Å².